The van der Waals surface area contributed by atoms with Crippen LogP contribution in [0.4, 0.5) is 0 Å². The third kappa shape index (κ3) is 2.45. The molecule has 1 N–H and O–H groups in total. The van der Waals surface area contributed by atoms with Gasteiger partial charge in [-0.2, -0.15) is 0 Å². The SMILES string of the molecule is CNC(c1cccnc1OC)c1cccc2cnccc12. The normalized spacial score (nSPS) is 12.3. The van der Waals surface area contributed by atoms with Crippen LogP contribution < -0.4 is 10.1 Å². The Morgan fingerprint density at radius 2 is 1.90 bits per heavy atom. The first-order valence-electron chi connectivity index (χ1n) is 6.84. The molecular weight excluding hydrogens is 262 g/mol. The van der Waals surface area contributed by atoms with Crippen LogP contribution in [-0.4, -0.2) is 24.1 Å². The zero-order valence-electron chi connectivity index (χ0n) is 12.1. The molecular formula is C17H17N3O. The molecule has 0 aliphatic heterocycles. The summed E-state index contributed by atoms with van der Waals surface area (Å²) in [5, 5.41) is 5.66. The molecule has 0 aliphatic carbocycles. The van der Waals surface area contributed by atoms with Gasteiger partial charge in [-0.1, -0.05) is 24.3 Å². The maximum atomic E-state index is 5.40. The van der Waals surface area contributed by atoms with Gasteiger partial charge in [0.2, 0.25) is 5.88 Å². The Hall–Kier alpha value is -2.46. The Bertz CT molecular complexity index is 752. The molecule has 0 bridgehead atoms. The van der Waals surface area contributed by atoms with E-state index < -0.39 is 0 Å². The van der Waals surface area contributed by atoms with Crippen molar-refractivity contribution in [2.45, 2.75) is 6.04 Å². The quantitative estimate of drug-likeness (QED) is 0.797. The van der Waals surface area contributed by atoms with Gasteiger partial charge < -0.3 is 10.1 Å². The van der Waals surface area contributed by atoms with Crippen LogP contribution in [-0.2, 0) is 0 Å². The van der Waals surface area contributed by atoms with E-state index in [0.717, 1.165) is 10.9 Å². The average Bonchev–Trinajstić information content (AvgIpc) is 2.56. The molecule has 106 valence electrons. The van der Waals surface area contributed by atoms with Crippen LogP contribution in [0, 0.1) is 0 Å². The molecule has 21 heavy (non-hydrogen) atoms. The van der Waals surface area contributed by atoms with Crippen molar-refractivity contribution in [2.24, 2.45) is 0 Å². The standard InChI is InChI=1S/C17H17N3O/c1-18-16(15-7-4-9-20-17(15)21-2)14-6-3-5-12-11-19-10-8-13(12)14/h3-11,16,18H,1-2H3. The monoisotopic (exact) mass is 279 g/mol. The summed E-state index contributed by atoms with van der Waals surface area (Å²) in [4.78, 5) is 8.49. The number of nitrogens with zero attached hydrogens (tertiary/aromatic N) is 2. The van der Waals surface area contributed by atoms with Gasteiger partial charge in [-0.05, 0) is 30.1 Å². The Morgan fingerprint density at radius 3 is 2.71 bits per heavy atom. The van der Waals surface area contributed by atoms with Crippen molar-refractivity contribution in [1.29, 1.82) is 0 Å². The molecule has 1 unspecified atom stereocenters. The zero-order chi connectivity index (χ0) is 14.7. The van der Waals surface area contributed by atoms with E-state index in [0.29, 0.717) is 5.88 Å². The molecule has 3 aromatic rings. The van der Waals surface area contributed by atoms with Gasteiger partial charge >= 0.3 is 0 Å². The Kier molecular flexibility index (Phi) is 3.79. The molecule has 3 rings (SSSR count). The van der Waals surface area contributed by atoms with E-state index in [-0.39, 0.29) is 6.04 Å². The van der Waals surface area contributed by atoms with Crippen molar-refractivity contribution in [3.05, 3.63) is 66.1 Å². The van der Waals surface area contributed by atoms with Crippen LogP contribution in [0.5, 0.6) is 5.88 Å². The lowest BCUT2D eigenvalue weighted by molar-refractivity contribution is 0.388. The highest BCUT2D eigenvalue weighted by Crippen LogP contribution is 2.32. The van der Waals surface area contributed by atoms with Gasteiger partial charge in [-0.15, -0.1) is 0 Å². The van der Waals surface area contributed by atoms with Crippen LogP contribution in [0.2, 0.25) is 0 Å². The number of aromatic nitrogens is 2. The van der Waals surface area contributed by atoms with E-state index in [9.17, 15) is 0 Å². The second kappa shape index (κ2) is 5.89. The van der Waals surface area contributed by atoms with Crippen molar-refractivity contribution in [3.8, 4) is 5.88 Å². The maximum Gasteiger partial charge on any atom is 0.218 e. The molecule has 0 amide bonds. The maximum absolute atomic E-state index is 5.40. The number of pyridine rings is 2. The second-order valence-corrected chi connectivity index (χ2v) is 4.77. The highest BCUT2D eigenvalue weighted by molar-refractivity contribution is 5.85. The topological polar surface area (TPSA) is 47.0 Å². The van der Waals surface area contributed by atoms with Gasteiger partial charge in [0, 0.05) is 29.5 Å². The summed E-state index contributed by atoms with van der Waals surface area (Å²) >= 11 is 0. The summed E-state index contributed by atoms with van der Waals surface area (Å²) in [6.07, 6.45) is 5.44. The molecule has 0 fully saturated rings. The van der Waals surface area contributed by atoms with E-state index in [1.807, 2.05) is 43.7 Å². The second-order valence-electron chi connectivity index (χ2n) is 4.77. The number of rotatable bonds is 4. The van der Waals surface area contributed by atoms with Crippen molar-refractivity contribution in [2.75, 3.05) is 14.2 Å². The first-order chi connectivity index (χ1) is 10.3. The lowest BCUT2D eigenvalue weighted by atomic mass is 9.95. The highest BCUT2D eigenvalue weighted by Gasteiger charge is 2.19. The molecule has 0 spiro atoms. The molecule has 0 aliphatic rings. The van der Waals surface area contributed by atoms with Crippen LogP contribution in [0.1, 0.15) is 17.2 Å². The van der Waals surface area contributed by atoms with Crippen LogP contribution >= 0.6 is 0 Å². The summed E-state index contributed by atoms with van der Waals surface area (Å²) in [6.45, 7) is 0. The molecule has 0 saturated heterocycles. The van der Waals surface area contributed by atoms with Crippen LogP contribution in [0.3, 0.4) is 0 Å². The summed E-state index contributed by atoms with van der Waals surface area (Å²) in [7, 11) is 3.59. The number of hydrogen-bond donors (Lipinski definition) is 1. The average molecular weight is 279 g/mol. The fourth-order valence-corrected chi connectivity index (χ4v) is 2.67. The predicted octanol–water partition coefficient (Wildman–Crippen LogP) is 2.95. The minimum absolute atomic E-state index is 0.0137. The minimum atomic E-state index is 0.0137. The molecule has 4 nitrogen and oxygen atoms in total. The van der Waals surface area contributed by atoms with Crippen molar-refractivity contribution in [3.63, 3.8) is 0 Å². The summed E-state index contributed by atoms with van der Waals surface area (Å²) in [5.74, 6) is 0.642. The largest absolute Gasteiger partial charge is 0.481 e. The molecule has 1 aromatic carbocycles. The number of nitrogens with one attached hydrogen (secondary N) is 1. The first-order valence-corrected chi connectivity index (χ1v) is 6.84. The van der Waals surface area contributed by atoms with Gasteiger partial charge in [-0.25, -0.2) is 4.98 Å². The number of hydrogen-bond acceptors (Lipinski definition) is 4. The third-order valence-electron chi connectivity index (χ3n) is 3.62. The predicted molar refractivity (Wildman–Crippen MR) is 83.4 cm³/mol. The molecule has 4 heteroatoms. The smallest absolute Gasteiger partial charge is 0.218 e. The number of fused-ring (bicyclic) bond motifs is 1. The Morgan fingerprint density at radius 1 is 1.05 bits per heavy atom. The van der Waals surface area contributed by atoms with Gasteiger partial charge in [0.25, 0.3) is 0 Å². The number of methoxy groups -OCH3 is 1. The summed E-state index contributed by atoms with van der Waals surface area (Å²) < 4.78 is 5.40. The van der Waals surface area contributed by atoms with Gasteiger partial charge in [0.1, 0.15) is 0 Å². The first kappa shape index (κ1) is 13.5. The summed E-state index contributed by atoms with van der Waals surface area (Å²) in [5.41, 5.74) is 2.20. The molecule has 2 aromatic heterocycles. The fourth-order valence-electron chi connectivity index (χ4n) is 2.67. The molecule has 2 heterocycles. The Labute approximate surface area is 123 Å². The van der Waals surface area contributed by atoms with Gasteiger partial charge in [0.15, 0.2) is 0 Å². The van der Waals surface area contributed by atoms with Crippen molar-refractivity contribution < 1.29 is 4.74 Å². The minimum Gasteiger partial charge on any atom is -0.481 e. The van der Waals surface area contributed by atoms with Crippen LogP contribution in [0.25, 0.3) is 10.8 Å². The van der Waals surface area contributed by atoms with Gasteiger partial charge in [0.05, 0.1) is 13.2 Å². The van der Waals surface area contributed by atoms with E-state index in [4.69, 9.17) is 4.74 Å². The van der Waals surface area contributed by atoms with E-state index >= 15 is 0 Å². The molecule has 1 atom stereocenters. The number of benzene rings is 1. The lowest BCUT2D eigenvalue weighted by Crippen LogP contribution is -2.19. The van der Waals surface area contributed by atoms with Gasteiger partial charge in [-0.3, -0.25) is 4.98 Å². The summed E-state index contributed by atoms with van der Waals surface area (Å²) in [6, 6.07) is 12.3. The Balaban J connectivity index is 2.19. The van der Waals surface area contributed by atoms with Crippen molar-refractivity contribution >= 4 is 10.8 Å². The zero-order valence-corrected chi connectivity index (χ0v) is 12.1. The van der Waals surface area contributed by atoms with E-state index in [1.165, 1.54) is 10.9 Å². The van der Waals surface area contributed by atoms with Crippen molar-refractivity contribution in [1.82, 2.24) is 15.3 Å². The van der Waals surface area contributed by atoms with E-state index in [1.54, 1.807) is 13.3 Å². The lowest BCUT2D eigenvalue weighted by Gasteiger charge is -2.20. The molecule has 0 radical (unpaired) electrons. The van der Waals surface area contributed by atoms with Crippen LogP contribution in [0.15, 0.2) is 55.0 Å². The highest BCUT2D eigenvalue weighted by atomic mass is 16.5. The van der Waals surface area contributed by atoms with E-state index in [2.05, 4.69) is 27.4 Å². The fraction of sp³-hybridized carbons (Fsp3) is 0.176. The molecule has 0 saturated carbocycles. The number of ether oxygens (including phenoxy) is 1. The third-order valence-corrected chi connectivity index (χ3v) is 3.62.